The van der Waals surface area contributed by atoms with Gasteiger partial charge >= 0.3 is 0 Å². The molecule has 1 aromatic carbocycles. The fraction of sp³-hybridized carbons (Fsp3) is 0.438. The van der Waals surface area contributed by atoms with Crippen molar-refractivity contribution in [3.63, 3.8) is 0 Å². The number of hydrogen-bond donors (Lipinski definition) is 1. The second-order valence-corrected chi connectivity index (χ2v) is 8.25. The Morgan fingerprint density at radius 2 is 2.00 bits per heavy atom. The largest absolute Gasteiger partial charge is 0.311 e. The summed E-state index contributed by atoms with van der Waals surface area (Å²) < 4.78 is 42.4. The van der Waals surface area contributed by atoms with E-state index in [0.717, 1.165) is 12.8 Å². The Bertz CT molecular complexity index is 855. The van der Waals surface area contributed by atoms with E-state index >= 15 is 0 Å². The first kappa shape index (κ1) is 15.7. The lowest BCUT2D eigenvalue weighted by molar-refractivity contribution is 0.152. The maximum absolute atomic E-state index is 13.1. The minimum absolute atomic E-state index is 0.00794. The molecule has 1 aromatic heterocycles. The van der Waals surface area contributed by atoms with E-state index < -0.39 is 10.0 Å². The number of piperidine rings is 2. The lowest BCUT2D eigenvalue weighted by atomic mass is 9.96. The summed E-state index contributed by atoms with van der Waals surface area (Å²) >= 11 is 0. The Morgan fingerprint density at radius 1 is 1.25 bits per heavy atom. The third kappa shape index (κ3) is 2.45. The van der Waals surface area contributed by atoms with Crippen LogP contribution < -0.4 is 5.32 Å². The highest BCUT2D eigenvalue weighted by molar-refractivity contribution is 7.89. The first-order valence-electron chi connectivity index (χ1n) is 8.02. The van der Waals surface area contributed by atoms with Crippen LogP contribution >= 0.6 is 0 Å². The molecule has 3 aliphatic rings. The standard InChI is InChI=1S/C16H19FN4O2S/c1-11-16(9-19-21(11)14-5-2-12(17)3-6-14)24(22,23)20-10-13-4-7-15(20)8-18-13/h2-3,5-6,9,13,15,18H,4,7-8,10H2,1H3. The van der Waals surface area contributed by atoms with Crippen LogP contribution in [-0.2, 0) is 10.0 Å². The minimum atomic E-state index is -3.58. The van der Waals surface area contributed by atoms with Gasteiger partial charge in [0.15, 0.2) is 0 Å². The van der Waals surface area contributed by atoms with Crippen molar-refractivity contribution in [3.8, 4) is 5.69 Å². The summed E-state index contributed by atoms with van der Waals surface area (Å²) in [7, 11) is -3.58. The fourth-order valence-corrected chi connectivity index (χ4v) is 5.42. The van der Waals surface area contributed by atoms with Crippen molar-refractivity contribution in [2.24, 2.45) is 0 Å². The smallest absolute Gasteiger partial charge is 0.246 e. The molecule has 24 heavy (non-hydrogen) atoms. The molecule has 2 unspecified atom stereocenters. The second kappa shape index (κ2) is 5.65. The molecule has 0 saturated carbocycles. The Kier molecular flexibility index (Phi) is 3.70. The van der Waals surface area contributed by atoms with E-state index in [1.165, 1.54) is 23.0 Å². The van der Waals surface area contributed by atoms with Gasteiger partial charge in [0.1, 0.15) is 10.7 Å². The zero-order valence-electron chi connectivity index (χ0n) is 13.3. The monoisotopic (exact) mass is 350 g/mol. The molecular formula is C16H19FN4O2S. The van der Waals surface area contributed by atoms with E-state index in [-0.39, 0.29) is 22.8 Å². The molecule has 0 amide bonds. The number of hydrogen-bond acceptors (Lipinski definition) is 4. The number of aromatic nitrogens is 2. The number of nitrogens with one attached hydrogen (secondary N) is 1. The lowest BCUT2D eigenvalue weighted by Crippen LogP contribution is -2.62. The van der Waals surface area contributed by atoms with Crippen molar-refractivity contribution in [2.45, 2.75) is 36.7 Å². The zero-order chi connectivity index (χ0) is 16.9. The third-order valence-corrected chi connectivity index (χ3v) is 6.94. The number of nitrogens with zero attached hydrogens (tertiary/aromatic N) is 3. The molecule has 0 aliphatic carbocycles. The Hall–Kier alpha value is -1.77. The van der Waals surface area contributed by atoms with E-state index in [0.29, 0.717) is 24.5 Å². The number of sulfonamides is 1. The number of piperazine rings is 1. The van der Waals surface area contributed by atoms with Crippen molar-refractivity contribution in [1.82, 2.24) is 19.4 Å². The van der Waals surface area contributed by atoms with Gasteiger partial charge in [-0.1, -0.05) is 0 Å². The van der Waals surface area contributed by atoms with E-state index in [2.05, 4.69) is 10.4 Å². The SMILES string of the molecule is Cc1c(S(=O)(=O)N2CC3CCC2CN3)cnn1-c1ccc(F)cc1. The lowest BCUT2D eigenvalue weighted by Gasteiger charge is -2.44. The van der Waals surface area contributed by atoms with E-state index in [1.54, 1.807) is 23.4 Å². The van der Waals surface area contributed by atoms with Gasteiger partial charge in [-0.3, -0.25) is 0 Å². The van der Waals surface area contributed by atoms with E-state index in [1.807, 2.05) is 0 Å². The van der Waals surface area contributed by atoms with Gasteiger partial charge in [-0.2, -0.15) is 9.40 Å². The Labute approximate surface area is 140 Å². The molecule has 2 aromatic rings. The third-order valence-electron chi connectivity index (χ3n) is 4.92. The zero-order valence-corrected chi connectivity index (χ0v) is 14.1. The summed E-state index contributed by atoms with van der Waals surface area (Å²) in [4.78, 5) is 0.222. The molecule has 2 bridgehead atoms. The summed E-state index contributed by atoms with van der Waals surface area (Å²) in [6.45, 7) is 2.94. The highest BCUT2D eigenvalue weighted by atomic mass is 32.2. The van der Waals surface area contributed by atoms with Crippen LogP contribution in [0, 0.1) is 12.7 Å². The van der Waals surface area contributed by atoms with Gasteiger partial charge in [-0.15, -0.1) is 0 Å². The summed E-state index contributed by atoms with van der Waals surface area (Å²) in [6.07, 6.45) is 3.30. The average Bonchev–Trinajstić information content (AvgIpc) is 2.99. The summed E-state index contributed by atoms with van der Waals surface area (Å²) in [6, 6.07) is 6.07. The molecule has 0 spiro atoms. The highest BCUT2D eigenvalue weighted by Crippen LogP contribution is 2.30. The van der Waals surface area contributed by atoms with Gasteiger partial charge in [0.2, 0.25) is 10.0 Å². The van der Waals surface area contributed by atoms with Crippen molar-refractivity contribution >= 4 is 10.0 Å². The van der Waals surface area contributed by atoms with Gasteiger partial charge in [-0.05, 0) is 44.0 Å². The van der Waals surface area contributed by atoms with Gasteiger partial charge in [0.25, 0.3) is 0 Å². The Balaban J connectivity index is 1.70. The average molecular weight is 350 g/mol. The maximum atomic E-state index is 13.1. The minimum Gasteiger partial charge on any atom is -0.311 e. The summed E-state index contributed by atoms with van der Waals surface area (Å²) in [5.74, 6) is -0.340. The van der Waals surface area contributed by atoms with Crippen molar-refractivity contribution in [2.75, 3.05) is 13.1 Å². The van der Waals surface area contributed by atoms with Crippen LogP contribution in [0.1, 0.15) is 18.5 Å². The van der Waals surface area contributed by atoms with Crippen LogP contribution in [-0.4, -0.2) is 47.7 Å². The van der Waals surface area contributed by atoms with Crippen LogP contribution in [0.15, 0.2) is 35.4 Å². The number of fused-ring (bicyclic) bond motifs is 3. The summed E-state index contributed by atoms with van der Waals surface area (Å²) in [5, 5.41) is 7.57. The predicted octanol–water partition coefficient (Wildman–Crippen LogP) is 1.44. The van der Waals surface area contributed by atoms with E-state index in [9.17, 15) is 12.8 Å². The quantitative estimate of drug-likeness (QED) is 0.910. The number of halogens is 1. The molecule has 3 aliphatic heterocycles. The van der Waals surface area contributed by atoms with Gasteiger partial charge < -0.3 is 5.32 Å². The fourth-order valence-electron chi connectivity index (χ4n) is 3.58. The molecule has 6 nitrogen and oxygen atoms in total. The predicted molar refractivity (Wildman–Crippen MR) is 87.0 cm³/mol. The molecule has 1 N–H and O–H groups in total. The first-order valence-corrected chi connectivity index (χ1v) is 9.46. The van der Waals surface area contributed by atoms with Crippen molar-refractivity contribution < 1.29 is 12.8 Å². The second-order valence-electron chi connectivity index (χ2n) is 6.39. The van der Waals surface area contributed by atoms with Crippen LogP contribution in [0.25, 0.3) is 5.69 Å². The molecule has 128 valence electrons. The topological polar surface area (TPSA) is 67.2 Å². The van der Waals surface area contributed by atoms with Crippen LogP contribution in [0.3, 0.4) is 0 Å². The molecule has 0 radical (unpaired) electrons. The number of benzene rings is 1. The normalized spacial score (nSPS) is 24.4. The molecular weight excluding hydrogens is 331 g/mol. The van der Waals surface area contributed by atoms with Crippen molar-refractivity contribution in [3.05, 3.63) is 42.0 Å². The molecule has 5 rings (SSSR count). The summed E-state index contributed by atoms with van der Waals surface area (Å²) in [5.41, 5.74) is 1.17. The molecule has 3 saturated heterocycles. The number of rotatable bonds is 3. The van der Waals surface area contributed by atoms with Crippen LogP contribution in [0.2, 0.25) is 0 Å². The highest BCUT2D eigenvalue weighted by Gasteiger charge is 2.41. The van der Waals surface area contributed by atoms with Gasteiger partial charge in [0.05, 0.1) is 17.6 Å². The molecule has 8 heteroatoms. The Morgan fingerprint density at radius 3 is 2.58 bits per heavy atom. The molecule has 2 atom stereocenters. The van der Waals surface area contributed by atoms with Crippen LogP contribution in [0.4, 0.5) is 4.39 Å². The van der Waals surface area contributed by atoms with E-state index in [4.69, 9.17) is 0 Å². The first-order chi connectivity index (χ1) is 11.5. The molecule has 4 heterocycles. The van der Waals surface area contributed by atoms with Crippen molar-refractivity contribution in [1.29, 1.82) is 0 Å². The van der Waals surface area contributed by atoms with Crippen LogP contribution in [0.5, 0.6) is 0 Å². The molecule has 3 fully saturated rings. The van der Waals surface area contributed by atoms with Gasteiger partial charge in [0, 0.05) is 25.2 Å². The van der Waals surface area contributed by atoms with Gasteiger partial charge in [-0.25, -0.2) is 17.5 Å². The maximum Gasteiger partial charge on any atom is 0.246 e.